The first kappa shape index (κ1) is 30.6. The third-order valence-electron chi connectivity index (χ3n) is 7.64. The Morgan fingerprint density at radius 3 is 2.30 bits per heavy atom. The van der Waals surface area contributed by atoms with E-state index in [1.54, 1.807) is 19.1 Å². The van der Waals surface area contributed by atoms with Gasteiger partial charge in [-0.15, -0.1) is 0 Å². The van der Waals surface area contributed by atoms with Crippen molar-refractivity contribution in [3.63, 3.8) is 0 Å². The molecule has 0 aromatic heterocycles. The number of carbonyl (C=O) groups is 1. The molecular formula is C29H40ClF2N3O2. The summed E-state index contributed by atoms with van der Waals surface area (Å²) in [5.41, 5.74) is 1.06. The number of amides is 1. The lowest BCUT2D eigenvalue weighted by Crippen LogP contribution is -2.69. The summed E-state index contributed by atoms with van der Waals surface area (Å²) in [5.74, 6) is -0.529. The number of aliphatic hydroxyl groups is 1. The van der Waals surface area contributed by atoms with Crippen LogP contribution in [0.4, 0.5) is 14.5 Å². The minimum Gasteiger partial charge on any atom is -0.508 e. The smallest absolute Gasteiger partial charge is 0.247 e. The lowest BCUT2D eigenvalue weighted by atomic mass is 9.55. The topological polar surface area (TPSA) is 73.4 Å². The van der Waals surface area contributed by atoms with Crippen molar-refractivity contribution in [2.24, 2.45) is 17.3 Å². The lowest BCUT2D eigenvalue weighted by Gasteiger charge is -2.58. The Kier molecular flexibility index (Phi) is 10.5. The van der Waals surface area contributed by atoms with Crippen molar-refractivity contribution in [2.45, 2.75) is 59.2 Å². The van der Waals surface area contributed by atoms with Gasteiger partial charge in [-0.3, -0.25) is 4.79 Å². The molecule has 0 radical (unpaired) electrons. The van der Waals surface area contributed by atoms with Crippen LogP contribution < -0.4 is 16.0 Å². The molecule has 3 unspecified atom stereocenters. The molecule has 1 spiro atoms. The van der Waals surface area contributed by atoms with Gasteiger partial charge in [-0.05, 0) is 74.4 Å². The Balaban J connectivity index is 0.000000439. The van der Waals surface area contributed by atoms with Gasteiger partial charge in [0.2, 0.25) is 5.91 Å². The van der Waals surface area contributed by atoms with Crippen molar-refractivity contribution >= 4 is 29.0 Å². The molecule has 1 aliphatic heterocycles. The highest BCUT2D eigenvalue weighted by Gasteiger charge is 2.59. The molecule has 2 fully saturated rings. The van der Waals surface area contributed by atoms with Crippen LogP contribution in [0.15, 0.2) is 60.3 Å². The Hall–Kier alpha value is -2.64. The summed E-state index contributed by atoms with van der Waals surface area (Å²) in [7, 11) is 0. The number of halogens is 3. The van der Waals surface area contributed by atoms with E-state index in [1.807, 2.05) is 6.92 Å². The Bertz CT molecular complexity index is 1060. The van der Waals surface area contributed by atoms with Crippen LogP contribution in [-0.2, 0) is 4.79 Å². The summed E-state index contributed by atoms with van der Waals surface area (Å²) in [6, 6.07) is 3.92. The van der Waals surface area contributed by atoms with E-state index < -0.39 is 11.5 Å². The van der Waals surface area contributed by atoms with Gasteiger partial charge in [-0.1, -0.05) is 45.5 Å². The van der Waals surface area contributed by atoms with Crippen molar-refractivity contribution < 1.29 is 18.7 Å². The SMILES string of the molecule is C=CC(=O)N/C=C(Cl)\C=C(\C(C)Nc1ccc(F)cc1C(=C)O)C(C)C(C)C.CC1(F)CCC12CNC2. The van der Waals surface area contributed by atoms with Crippen molar-refractivity contribution in [3.8, 4) is 0 Å². The largest absolute Gasteiger partial charge is 0.508 e. The second-order valence-electron chi connectivity index (χ2n) is 10.5. The van der Waals surface area contributed by atoms with E-state index in [2.05, 4.69) is 49.9 Å². The third-order valence-corrected chi connectivity index (χ3v) is 7.86. The number of hydrogen-bond acceptors (Lipinski definition) is 4. The first-order valence-electron chi connectivity index (χ1n) is 12.6. The average molecular weight is 536 g/mol. The fraction of sp³-hybridized carbons (Fsp3) is 0.483. The van der Waals surface area contributed by atoms with Crippen molar-refractivity contribution in [1.29, 1.82) is 0 Å². The Labute approximate surface area is 224 Å². The summed E-state index contributed by atoms with van der Waals surface area (Å²) in [6.45, 7) is 18.7. The van der Waals surface area contributed by atoms with Crippen LogP contribution in [0.2, 0.25) is 0 Å². The highest BCUT2D eigenvalue weighted by Crippen LogP contribution is 2.54. The molecule has 2 aliphatic rings. The number of allylic oxidation sites excluding steroid dienone is 2. The predicted octanol–water partition coefficient (Wildman–Crippen LogP) is 6.85. The number of nitrogens with one attached hydrogen (secondary N) is 3. The van der Waals surface area contributed by atoms with Gasteiger partial charge in [-0.25, -0.2) is 8.78 Å². The van der Waals surface area contributed by atoms with Gasteiger partial charge in [0, 0.05) is 42.0 Å². The van der Waals surface area contributed by atoms with Crippen LogP contribution >= 0.6 is 11.6 Å². The van der Waals surface area contributed by atoms with E-state index in [0.29, 0.717) is 22.2 Å². The maximum absolute atomic E-state index is 13.5. The molecule has 3 atom stereocenters. The number of aliphatic hydroxyl groups excluding tert-OH is 1. The minimum absolute atomic E-state index is 0.0625. The zero-order valence-electron chi connectivity index (χ0n) is 22.4. The van der Waals surface area contributed by atoms with E-state index in [1.165, 1.54) is 18.3 Å². The number of anilines is 1. The van der Waals surface area contributed by atoms with Crippen LogP contribution in [0.1, 0.15) is 53.0 Å². The van der Waals surface area contributed by atoms with E-state index >= 15 is 0 Å². The van der Waals surface area contributed by atoms with Crippen LogP contribution in [0.5, 0.6) is 0 Å². The molecule has 8 heteroatoms. The fourth-order valence-corrected chi connectivity index (χ4v) is 4.61. The normalized spacial score (nSPS) is 22.1. The molecule has 204 valence electrons. The summed E-state index contributed by atoms with van der Waals surface area (Å²) in [6.07, 6.45) is 6.22. The minimum atomic E-state index is -0.849. The molecule has 37 heavy (non-hydrogen) atoms. The molecule has 3 rings (SSSR count). The van der Waals surface area contributed by atoms with Gasteiger partial charge in [0.1, 0.15) is 17.2 Å². The van der Waals surface area contributed by atoms with Gasteiger partial charge in [0.15, 0.2) is 0 Å². The van der Waals surface area contributed by atoms with Crippen LogP contribution in [0.25, 0.3) is 5.76 Å². The van der Waals surface area contributed by atoms with Crippen LogP contribution in [0, 0.1) is 23.1 Å². The van der Waals surface area contributed by atoms with Gasteiger partial charge >= 0.3 is 0 Å². The van der Waals surface area contributed by atoms with Gasteiger partial charge in [0.25, 0.3) is 0 Å². The molecule has 4 N–H and O–H groups in total. The highest BCUT2D eigenvalue weighted by atomic mass is 35.5. The predicted molar refractivity (Wildman–Crippen MR) is 150 cm³/mol. The van der Waals surface area contributed by atoms with Crippen molar-refractivity contribution in [1.82, 2.24) is 10.6 Å². The van der Waals surface area contributed by atoms with Gasteiger partial charge < -0.3 is 21.1 Å². The number of hydrogen-bond donors (Lipinski definition) is 4. The number of benzene rings is 1. The van der Waals surface area contributed by atoms with E-state index in [4.69, 9.17) is 11.6 Å². The molecule has 5 nitrogen and oxygen atoms in total. The zero-order chi connectivity index (χ0) is 28.0. The maximum atomic E-state index is 13.5. The number of rotatable bonds is 9. The Morgan fingerprint density at radius 1 is 1.24 bits per heavy atom. The second-order valence-corrected chi connectivity index (χ2v) is 10.9. The molecule has 0 bridgehead atoms. The molecule has 1 saturated carbocycles. The molecule has 1 aromatic carbocycles. The quantitative estimate of drug-likeness (QED) is 0.158. The molecule has 1 aromatic rings. The summed E-state index contributed by atoms with van der Waals surface area (Å²) in [4.78, 5) is 11.3. The standard InChI is InChI=1S/C22H28ClFN2O2.C7H12FN/c1-7-22(28)25-12-17(23)10-19(14(4)13(2)3)15(5)26-21-9-8-18(24)11-20(21)16(6)27;1-6(8)2-3-7(6)4-9-5-7/h7-15,26-27H,1,6H2,2-5H3,(H,25,28);9H,2-5H2,1H3/b17-12+,19-10+;. The fourth-order valence-electron chi connectivity index (χ4n) is 4.43. The lowest BCUT2D eigenvalue weighted by molar-refractivity contribution is -0.125. The second kappa shape index (κ2) is 12.7. The van der Waals surface area contributed by atoms with Crippen molar-refractivity contribution in [2.75, 3.05) is 18.4 Å². The first-order valence-corrected chi connectivity index (χ1v) is 12.9. The molecule has 1 heterocycles. The summed E-state index contributed by atoms with van der Waals surface area (Å²) < 4.78 is 26.8. The molecular weight excluding hydrogens is 496 g/mol. The van der Waals surface area contributed by atoms with Gasteiger partial charge in [0.05, 0.1) is 5.03 Å². The van der Waals surface area contributed by atoms with Gasteiger partial charge in [-0.2, -0.15) is 0 Å². The third kappa shape index (κ3) is 7.68. The Morgan fingerprint density at radius 2 is 1.89 bits per heavy atom. The number of alkyl halides is 1. The van der Waals surface area contributed by atoms with E-state index in [-0.39, 0.29) is 29.0 Å². The maximum Gasteiger partial charge on any atom is 0.247 e. The van der Waals surface area contributed by atoms with Crippen LogP contribution in [-0.4, -0.2) is 35.8 Å². The van der Waals surface area contributed by atoms with E-state index in [0.717, 1.165) is 37.6 Å². The summed E-state index contributed by atoms with van der Waals surface area (Å²) >= 11 is 6.28. The first-order chi connectivity index (χ1) is 17.2. The summed E-state index contributed by atoms with van der Waals surface area (Å²) in [5, 5.41) is 19.1. The molecule has 1 saturated heterocycles. The average Bonchev–Trinajstić information content (AvgIpc) is 2.80. The van der Waals surface area contributed by atoms with E-state index in [9.17, 15) is 18.7 Å². The van der Waals surface area contributed by atoms with Crippen LogP contribution in [0.3, 0.4) is 0 Å². The zero-order valence-corrected chi connectivity index (χ0v) is 23.2. The highest BCUT2D eigenvalue weighted by molar-refractivity contribution is 6.31. The molecule has 1 amide bonds. The monoisotopic (exact) mass is 535 g/mol. The van der Waals surface area contributed by atoms with Crippen molar-refractivity contribution in [3.05, 3.63) is 71.7 Å². The number of carbonyl (C=O) groups excluding carboxylic acids is 1. The molecule has 1 aliphatic carbocycles.